The summed E-state index contributed by atoms with van der Waals surface area (Å²) in [7, 11) is -6.30. The third kappa shape index (κ3) is 5.69. The average molecular weight is 551 g/mol. The second kappa shape index (κ2) is 10.7. The van der Waals surface area contributed by atoms with E-state index < -0.39 is 63.6 Å². The van der Waals surface area contributed by atoms with Crippen molar-refractivity contribution in [2.75, 3.05) is 40.3 Å². The molecule has 0 bridgehead atoms. The minimum atomic E-state index is -4.28. The van der Waals surface area contributed by atoms with Crippen LogP contribution in [0.3, 0.4) is 0 Å². The van der Waals surface area contributed by atoms with Gasteiger partial charge in [-0.25, -0.2) is 18.3 Å². The van der Waals surface area contributed by atoms with Crippen LogP contribution in [0.25, 0.3) is 10.4 Å². The molecule has 1 unspecified atom stereocenters. The van der Waals surface area contributed by atoms with Crippen LogP contribution >= 0.6 is 11.3 Å². The van der Waals surface area contributed by atoms with Crippen molar-refractivity contribution in [1.29, 1.82) is 0 Å². The molecule has 2 heterocycles. The summed E-state index contributed by atoms with van der Waals surface area (Å²) in [6.45, 7) is -1.89. The fourth-order valence-corrected chi connectivity index (χ4v) is 7.71. The fourth-order valence-electron chi connectivity index (χ4n) is 3.40. The normalized spacial score (nSPS) is 17.9. The average Bonchev–Trinajstić information content (AvgIpc) is 3.34. The molecule has 1 aromatic heterocycles. The number of hydrogen-bond acceptors (Lipinski definition) is 9. The third-order valence-electron chi connectivity index (χ3n) is 5.28. The number of amides is 1. The molecule has 1 amide bonds. The minimum absolute atomic E-state index is 0.119. The van der Waals surface area contributed by atoms with Crippen molar-refractivity contribution in [3.05, 3.63) is 42.2 Å². The Bertz CT molecular complexity index is 1300. The number of benzene rings is 1. The van der Waals surface area contributed by atoms with Gasteiger partial charge in [-0.05, 0) is 29.8 Å². The summed E-state index contributed by atoms with van der Waals surface area (Å²) in [4.78, 5) is 24.4. The molecule has 1 aromatic carbocycles. The Morgan fingerprint density at radius 2 is 1.83 bits per heavy atom. The smallest absolute Gasteiger partial charge is 0.321 e. The molecule has 0 spiro atoms. The summed E-state index contributed by atoms with van der Waals surface area (Å²) in [6, 6.07) is 6.75. The number of carbonyl (C=O) groups excluding carboxylic acids is 2. The van der Waals surface area contributed by atoms with Crippen LogP contribution in [0, 0.1) is 5.82 Å². The molecule has 3 rings (SSSR count). The lowest BCUT2D eigenvalue weighted by atomic mass is 10.2. The Kier molecular flexibility index (Phi) is 8.25. The maximum absolute atomic E-state index is 13.4. The van der Waals surface area contributed by atoms with E-state index in [2.05, 4.69) is 4.74 Å². The van der Waals surface area contributed by atoms with E-state index in [9.17, 15) is 36.0 Å². The summed E-state index contributed by atoms with van der Waals surface area (Å²) in [5.74, 6) is -2.38. The fraction of sp³-hybridized carbons (Fsp3) is 0.368. The third-order valence-corrected chi connectivity index (χ3v) is 10.7. The van der Waals surface area contributed by atoms with Crippen LogP contribution in [-0.4, -0.2) is 93.2 Å². The summed E-state index contributed by atoms with van der Waals surface area (Å²) < 4.78 is 72.4. The van der Waals surface area contributed by atoms with Gasteiger partial charge < -0.3 is 4.74 Å². The van der Waals surface area contributed by atoms with Crippen LogP contribution in [0.4, 0.5) is 4.39 Å². The minimum Gasteiger partial charge on any atom is -0.468 e. The molecule has 0 radical (unpaired) electrons. The Labute approximate surface area is 205 Å². The van der Waals surface area contributed by atoms with E-state index in [1.807, 2.05) is 0 Å². The van der Waals surface area contributed by atoms with Crippen molar-refractivity contribution in [2.24, 2.45) is 0 Å². The van der Waals surface area contributed by atoms with E-state index in [0.29, 0.717) is 14.7 Å². The number of piperazine rings is 1. The molecule has 1 atom stereocenters. The van der Waals surface area contributed by atoms with Crippen LogP contribution in [-0.2, 0) is 34.6 Å². The van der Waals surface area contributed by atoms with Gasteiger partial charge in [0.25, 0.3) is 26.1 Å². The number of nitrogens with one attached hydrogen (secondary N) is 1. The maximum Gasteiger partial charge on any atom is 0.321 e. The first-order valence-corrected chi connectivity index (χ1v) is 13.7. The van der Waals surface area contributed by atoms with Gasteiger partial charge in [0.05, 0.1) is 7.11 Å². The van der Waals surface area contributed by atoms with Crippen LogP contribution < -0.4 is 5.48 Å². The molecule has 0 saturated carbocycles. The number of ether oxygens (including phenoxy) is 1. The number of hydrogen-bond donors (Lipinski definition) is 2. The van der Waals surface area contributed by atoms with E-state index in [0.717, 1.165) is 34.1 Å². The summed E-state index contributed by atoms with van der Waals surface area (Å²) >= 11 is 0.897. The van der Waals surface area contributed by atoms with Gasteiger partial charge in [0, 0.05) is 31.6 Å². The van der Waals surface area contributed by atoms with Gasteiger partial charge in [-0.15, -0.1) is 11.3 Å². The summed E-state index contributed by atoms with van der Waals surface area (Å²) in [5, 5.41) is 9.18. The number of methoxy groups -OCH3 is 1. The van der Waals surface area contributed by atoms with Gasteiger partial charge in [-0.1, -0.05) is 12.1 Å². The molecule has 12 nitrogen and oxygen atoms in total. The molecule has 2 aromatic rings. The van der Waals surface area contributed by atoms with Crippen molar-refractivity contribution in [3.8, 4) is 10.4 Å². The van der Waals surface area contributed by atoms with Crippen molar-refractivity contribution >= 4 is 43.4 Å². The molecule has 192 valence electrons. The molecular weight excluding hydrogens is 527 g/mol. The number of carbonyl (C=O) groups is 2. The lowest BCUT2D eigenvalue weighted by molar-refractivity contribution is -0.140. The quantitative estimate of drug-likeness (QED) is 0.266. The lowest BCUT2D eigenvalue weighted by Gasteiger charge is -2.39. The van der Waals surface area contributed by atoms with Crippen molar-refractivity contribution < 1.29 is 40.8 Å². The van der Waals surface area contributed by atoms with Crippen LogP contribution in [0.15, 0.2) is 40.6 Å². The van der Waals surface area contributed by atoms with Crippen molar-refractivity contribution in [2.45, 2.75) is 10.3 Å². The summed E-state index contributed by atoms with van der Waals surface area (Å²) in [6.07, 6.45) is 0. The van der Waals surface area contributed by atoms with E-state index in [4.69, 9.17) is 0 Å². The first-order chi connectivity index (χ1) is 16.4. The molecule has 1 fully saturated rings. The van der Waals surface area contributed by atoms with E-state index in [1.165, 1.54) is 41.9 Å². The van der Waals surface area contributed by atoms with Crippen molar-refractivity contribution in [1.82, 2.24) is 18.4 Å². The maximum atomic E-state index is 13.4. The first-order valence-electron chi connectivity index (χ1n) is 10.0. The predicted molar refractivity (Wildman–Crippen MR) is 122 cm³/mol. The number of hydroxylamine groups is 1. The van der Waals surface area contributed by atoms with Gasteiger partial charge in [-0.2, -0.15) is 21.3 Å². The molecule has 1 saturated heterocycles. The number of sulfonamides is 1. The highest BCUT2D eigenvalue weighted by Crippen LogP contribution is 2.34. The first kappa shape index (κ1) is 27.1. The monoisotopic (exact) mass is 550 g/mol. The lowest BCUT2D eigenvalue weighted by Crippen LogP contribution is -2.62. The number of halogens is 1. The Morgan fingerprint density at radius 1 is 1.17 bits per heavy atom. The standard InChI is InChI=1S/C19H23FN4O8S3/c1-22(12-17(25)32-2)35(30,31)23-9-10-24(15(11-23)19(26)21-27)34(28,29)18-8-7-16(33-18)13-3-5-14(20)6-4-13/h3-8,15,27H,9-12H2,1-2H3,(H,21,26). The van der Waals surface area contributed by atoms with Gasteiger partial charge >= 0.3 is 5.97 Å². The Balaban J connectivity index is 1.87. The van der Waals surface area contributed by atoms with Gasteiger partial charge in [0.2, 0.25) is 0 Å². The highest BCUT2D eigenvalue weighted by molar-refractivity contribution is 7.91. The van der Waals surface area contributed by atoms with Crippen molar-refractivity contribution in [3.63, 3.8) is 0 Å². The molecule has 2 N–H and O–H groups in total. The molecular formula is C19H23FN4O8S3. The second-order valence-corrected chi connectivity index (χ2v) is 12.7. The van der Waals surface area contributed by atoms with Crippen LogP contribution in [0.2, 0.25) is 0 Å². The number of thiophene rings is 1. The zero-order chi connectivity index (χ0) is 26.0. The largest absolute Gasteiger partial charge is 0.468 e. The summed E-state index contributed by atoms with van der Waals surface area (Å²) in [5.41, 5.74) is 1.97. The highest BCUT2D eigenvalue weighted by atomic mass is 32.2. The second-order valence-electron chi connectivity index (χ2n) is 7.43. The Hall–Kier alpha value is -2.47. The van der Waals surface area contributed by atoms with E-state index in [-0.39, 0.29) is 10.8 Å². The molecule has 35 heavy (non-hydrogen) atoms. The predicted octanol–water partition coefficient (Wildman–Crippen LogP) is 0.0841. The molecule has 0 aliphatic carbocycles. The SMILES string of the molecule is COC(=O)CN(C)S(=O)(=O)N1CCN(S(=O)(=O)c2ccc(-c3ccc(F)cc3)s2)C(C(=O)NO)C1. The zero-order valence-electron chi connectivity index (χ0n) is 18.6. The number of rotatable bonds is 8. The number of likely N-dealkylation sites (N-methyl/N-ethyl adjacent to an activating group) is 1. The van der Waals surface area contributed by atoms with Gasteiger partial charge in [0.15, 0.2) is 0 Å². The van der Waals surface area contributed by atoms with E-state index >= 15 is 0 Å². The number of esters is 1. The molecule has 16 heteroatoms. The number of nitrogens with zero attached hydrogens (tertiary/aromatic N) is 3. The Morgan fingerprint density at radius 3 is 2.43 bits per heavy atom. The van der Waals surface area contributed by atoms with Crippen LogP contribution in [0.1, 0.15) is 0 Å². The molecule has 1 aliphatic heterocycles. The van der Waals surface area contributed by atoms with Gasteiger partial charge in [0.1, 0.15) is 22.6 Å². The zero-order valence-corrected chi connectivity index (χ0v) is 21.1. The van der Waals surface area contributed by atoms with Gasteiger partial charge in [-0.3, -0.25) is 14.8 Å². The topological polar surface area (TPSA) is 154 Å². The van der Waals surface area contributed by atoms with Crippen LogP contribution in [0.5, 0.6) is 0 Å². The van der Waals surface area contributed by atoms with E-state index in [1.54, 1.807) is 0 Å². The highest BCUT2D eigenvalue weighted by Gasteiger charge is 2.44. The molecule has 1 aliphatic rings.